The average Bonchev–Trinajstić information content (AvgIpc) is 2.89. The fourth-order valence-corrected chi connectivity index (χ4v) is 4.56. The summed E-state index contributed by atoms with van der Waals surface area (Å²) in [7, 11) is 1.58. The molecule has 0 bridgehead atoms. The Balaban J connectivity index is 1.35. The normalized spacial score (nSPS) is 12.9. The second kappa shape index (κ2) is 10.9. The number of anilines is 2. The molecule has 4 rings (SSSR count). The summed E-state index contributed by atoms with van der Waals surface area (Å²) in [5.74, 6) is -0.811. The maximum Gasteiger partial charge on any atom is 0.328 e. The third-order valence-corrected chi connectivity index (χ3v) is 6.41. The zero-order chi connectivity index (χ0) is 24.8. The minimum atomic E-state index is -0.924. The van der Waals surface area contributed by atoms with Crippen molar-refractivity contribution in [2.45, 2.75) is 22.8 Å². The second-order valence-corrected chi connectivity index (χ2v) is 8.79. The second-order valence-electron chi connectivity index (χ2n) is 7.71. The topological polar surface area (TPSA) is 84.9 Å². The van der Waals surface area contributed by atoms with Gasteiger partial charge in [-0.2, -0.15) is 0 Å². The van der Waals surface area contributed by atoms with Crippen LogP contribution < -0.4 is 15.0 Å². The molecule has 1 N–H and O–H groups in total. The number of carbonyl (C=O) groups excluding carboxylic acids is 3. The minimum Gasteiger partial charge on any atom is -0.497 e. The molecule has 1 atom stereocenters. The molecule has 0 fully saturated rings. The summed E-state index contributed by atoms with van der Waals surface area (Å²) in [4.78, 5) is 41.2. The van der Waals surface area contributed by atoms with Gasteiger partial charge in [0.15, 0.2) is 6.61 Å². The monoisotopic (exact) mass is 488 g/mol. The molecule has 1 heterocycles. The zero-order valence-corrected chi connectivity index (χ0v) is 20.1. The standard InChI is InChI=1S/C27H24N2O5S/c1-18(28-25(30)16-13-19-11-14-20(33-2)15-12-19)27(32)34-17-26(31)29-21-7-3-5-9-23(21)35-24-10-6-4-8-22(24)29/h3-16,18H,17H2,1-2H3,(H,28,30). The minimum absolute atomic E-state index is 0.378. The predicted octanol–water partition coefficient (Wildman–Crippen LogP) is 4.59. The van der Waals surface area contributed by atoms with Gasteiger partial charge < -0.3 is 14.8 Å². The highest BCUT2D eigenvalue weighted by Crippen LogP contribution is 2.47. The summed E-state index contributed by atoms with van der Waals surface area (Å²) in [5, 5.41) is 2.55. The Hall–Kier alpha value is -4.04. The van der Waals surface area contributed by atoms with Gasteiger partial charge in [0.25, 0.3) is 5.91 Å². The number of rotatable bonds is 7. The largest absolute Gasteiger partial charge is 0.497 e. The first-order chi connectivity index (χ1) is 17.0. The molecule has 0 spiro atoms. The molecule has 8 heteroatoms. The van der Waals surface area contributed by atoms with E-state index in [1.54, 1.807) is 54.1 Å². The Morgan fingerprint density at radius 1 is 0.943 bits per heavy atom. The van der Waals surface area contributed by atoms with Gasteiger partial charge in [-0.15, -0.1) is 0 Å². The molecule has 1 aliphatic heterocycles. The maximum absolute atomic E-state index is 13.1. The molecule has 2 amide bonds. The first-order valence-electron chi connectivity index (χ1n) is 10.9. The number of nitrogens with zero attached hydrogens (tertiary/aromatic N) is 1. The smallest absolute Gasteiger partial charge is 0.328 e. The molecule has 178 valence electrons. The number of nitrogens with one attached hydrogen (secondary N) is 1. The third kappa shape index (κ3) is 5.73. The van der Waals surface area contributed by atoms with Gasteiger partial charge in [-0.3, -0.25) is 14.5 Å². The van der Waals surface area contributed by atoms with E-state index in [1.807, 2.05) is 48.5 Å². The van der Waals surface area contributed by atoms with Crippen molar-refractivity contribution in [3.05, 3.63) is 84.4 Å². The van der Waals surface area contributed by atoms with Crippen LogP contribution in [0.3, 0.4) is 0 Å². The van der Waals surface area contributed by atoms with Crippen molar-refractivity contribution in [3.63, 3.8) is 0 Å². The van der Waals surface area contributed by atoms with E-state index in [1.165, 1.54) is 13.0 Å². The van der Waals surface area contributed by atoms with Crippen LogP contribution in [0.15, 0.2) is 88.7 Å². The number of hydrogen-bond donors (Lipinski definition) is 1. The van der Waals surface area contributed by atoms with Gasteiger partial charge in [0.1, 0.15) is 11.8 Å². The van der Waals surface area contributed by atoms with E-state index < -0.39 is 24.5 Å². The number of methoxy groups -OCH3 is 1. The number of hydrogen-bond acceptors (Lipinski definition) is 6. The highest BCUT2D eigenvalue weighted by atomic mass is 32.2. The van der Waals surface area contributed by atoms with Crippen molar-refractivity contribution in [2.24, 2.45) is 0 Å². The lowest BCUT2D eigenvalue weighted by atomic mass is 10.2. The summed E-state index contributed by atoms with van der Waals surface area (Å²) < 4.78 is 10.4. The van der Waals surface area contributed by atoms with Crippen molar-refractivity contribution in [2.75, 3.05) is 18.6 Å². The SMILES string of the molecule is COc1ccc(C=CC(=O)NC(C)C(=O)OCC(=O)N2c3ccccc3Sc3ccccc32)cc1. The van der Waals surface area contributed by atoms with E-state index >= 15 is 0 Å². The third-order valence-electron chi connectivity index (χ3n) is 5.27. The van der Waals surface area contributed by atoms with E-state index in [0.29, 0.717) is 5.75 Å². The molecular weight excluding hydrogens is 464 g/mol. The quantitative estimate of drug-likeness (QED) is 0.387. The van der Waals surface area contributed by atoms with E-state index in [0.717, 1.165) is 26.7 Å². The highest BCUT2D eigenvalue weighted by Gasteiger charge is 2.29. The lowest BCUT2D eigenvalue weighted by Gasteiger charge is -2.30. The summed E-state index contributed by atoms with van der Waals surface area (Å²) in [6.45, 7) is 1.06. The van der Waals surface area contributed by atoms with E-state index in [9.17, 15) is 14.4 Å². The van der Waals surface area contributed by atoms with Crippen LogP contribution in [0.1, 0.15) is 12.5 Å². The van der Waals surface area contributed by atoms with Gasteiger partial charge in [0.05, 0.1) is 18.5 Å². The molecule has 35 heavy (non-hydrogen) atoms. The van der Waals surface area contributed by atoms with Crippen molar-refractivity contribution >= 4 is 47.0 Å². The van der Waals surface area contributed by atoms with E-state index in [-0.39, 0.29) is 5.91 Å². The molecular formula is C27H24N2O5S. The maximum atomic E-state index is 13.1. The van der Waals surface area contributed by atoms with Crippen molar-refractivity contribution in [3.8, 4) is 5.75 Å². The van der Waals surface area contributed by atoms with Gasteiger partial charge in [0.2, 0.25) is 5.91 Å². The predicted molar refractivity (Wildman–Crippen MR) is 135 cm³/mol. The first-order valence-corrected chi connectivity index (χ1v) is 11.8. The van der Waals surface area contributed by atoms with Crippen molar-refractivity contribution < 1.29 is 23.9 Å². The molecule has 3 aromatic rings. The molecule has 3 aromatic carbocycles. The summed E-state index contributed by atoms with van der Waals surface area (Å²) in [6.07, 6.45) is 2.95. The molecule has 0 aromatic heterocycles. The van der Waals surface area contributed by atoms with Gasteiger partial charge in [-0.1, -0.05) is 48.2 Å². The van der Waals surface area contributed by atoms with Crippen molar-refractivity contribution in [1.29, 1.82) is 0 Å². The number of carbonyl (C=O) groups is 3. The molecule has 0 saturated carbocycles. The Labute approximate surface area is 207 Å². The molecule has 0 radical (unpaired) electrons. The number of amides is 2. The van der Waals surface area contributed by atoms with Crippen LogP contribution in [0.2, 0.25) is 0 Å². The number of benzene rings is 3. The molecule has 0 saturated heterocycles. The molecule has 1 aliphatic rings. The van der Waals surface area contributed by atoms with Crippen molar-refractivity contribution in [1.82, 2.24) is 5.32 Å². The Morgan fingerprint density at radius 3 is 2.14 bits per heavy atom. The van der Waals surface area contributed by atoms with Crippen LogP contribution in [0.5, 0.6) is 5.75 Å². The number of esters is 1. The Bertz CT molecular complexity index is 1230. The highest BCUT2D eigenvalue weighted by molar-refractivity contribution is 7.99. The Kier molecular flexibility index (Phi) is 7.52. The van der Waals surface area contributed by atoms with Crippen LogP contribution in [0, 0.1) is 0 Å². The molecule has 7 nitrogen and oxygen atoms in total. The van der Waals surface area contributed by atoms with Crippen LogP contribution in [-0.4, -0.2) is 37.5 Å². The average molecular weight is 489 g/mol. The lowest BCUT2D eigenvalue weighted by molar-refractivity contribution is -0.150. The fourth-order valence-electron chi connectivity index (χ4n) is 3.50. The fraction of sp³-hybridized carbons (Fsp3) is 0.148. The lowest BCUT2D eigenvalue weighted by Crippen LogP contribution is -2.40. The van der Waals surface area contributed by atoms with E-state index in [4.69, 9.17) is 9.47 Å². The summed E-state index contributed by atoms with van der Waals surface area (Å²) in [6, 6.07) is 21.4. The number of fused-ring (bicyclic) bond motifs is 2. The number of ether oxygens (including phenoxy) is 2. The number of para-hydroxylation sites is 2. The van der Waals surface area contributed by atoms with Gasteiger partial charge in [-0.25, -0.2) is 4.79 Å². The zero-order valence-electron chi connectivity index (χ0n) is 19.3. The van der Waals surface area contributed by atoms with Crippen LogP contribution >= 0.6 is 11.8 Å². The van der Waals surface area contributed by atoms with Gasteiger partial charge in [0, 0.05) is 15.9 Å². The van der Waals surface area contributed by atoms with Gasteiger partial charge >= 0.3 is 5.97 Å². The summed E-state index contributed by atoms with van der Waals surface area (Å²) >= 11 is 1.58. The van der Waals surface area contributed by atoms with Crippen LogP contribution in [0.25, 0.3) is 6.08 Å². The molecule has 0 aliphatic carbocycles. The summed E-state index contributed by atoms with van der Waals surface area (Å²) in [5.41, 5.74) is 2.28. The van der Waals surface area contributed by atoms with E-state index in [2.05, 4.69) is 5.32 Å². The van der Waals surface area contributed by atoms with Crippen LogP contribution in [-0.2, 0) is 19.1 Å². The molecule has 1 unspecified atom stereocenters. The van der Waals surface area contributed by atoms with Gasteiger partial charge in [-0.05, 0) is 55.0 Å². The van der Waals surface area contributed by atoms with Crippen LogP contribution in [0.4, 0.5) is 11.4 Å². The Morgan fingerprint density at radius 2 is 1.54 bits per heavy atom. The first kappa shape index (κ1) is 24.1.